The van der Waals surface area contributed by atoms with E-state index in [-0.39, 0.29) is 12.5 Å². The molecule has 1 unspecified atom stereocenters. The lowest BCUT2D eigenvalue weighted by Gasteiger charge is -2.15. The van der Waals surface area contributed by atoms with Gasteiger partial charge in [-0.2, -0.15) is 0 Å². The van der Waals surface area contributed by atoms with E-state index in [1.807, 2.05) is 43.3 Å². The number of carbonyl (C=O) groups excluding carboxylic acids is 2. The van der Waals surface area contributed by atoms with Gasteiger partial charge in [0.05, 0.1) is 18.8 Å². The zero-order valence-corrected chi connectivity index (χ0v) is 14.5. The minimum absolute atomic E-state index is 0.0961. The van der Waals surface area contributed by atoms with Gasteiger partial charge in [0, 0.05) is 31.9 Å². The van der Waals surface area contributed by atoms with Crippen molar-refractivity contribution in [3.05, 3.63) is 65.2 Å². The van der Waals surface area contributed by atoms with E-state index in [0.29, 0.717) is 11.1 Å². The van der Waals surface area contributed by atoms with E-state index in [0.717, 1.165) is 11.3 Å². The highest BCUT2D eigenvalue weighted by molar-refractivity contribution is 5.96. The second kappa shape index (κ2) is 8.30. The van der Waals surface area contributed by atoms with Crippen molar-refractivity contribution < 1.29 is 19.4 Å². The Bertz CT molecular complexity index is 724. The zero-order chi connectivity index (χ0) is 18.4. The molecule has 0 fully saturated rings. The van der Waals surface area contributed by atoms with Gasteiger partial charge in [0.2, 0.25) is 0 Å². The Hall–Kier alpha value is -2.86. The van der Waals surface area contributed by atoms with E-state index in [1.54, 1.807) is 12.1 Å². The fraction of sp³-hybridized carbons (Fsp3) is 0.263. The Labute approximate surface area is 147 Å². The van der Waals surface area contributed by atoms with Crippen molar-refractivity contribution in [2.45, 2.75) is 6.10 Å². The van der Waals surface area contributed by atoms with Gasteiger partial charge < -0.3 is 20.1 Å². The second-order valence-electron chi connectivity index (χ2n) is 5.78. The zero-order valence-electron chi connectivity index (χ0n) is 14.5. The molecule has 1 amide bonds. The van der Waals surface area contributed by atoms with Gasteiger partial charge in [0.25, 0.3) is 5.91 Å². The maximum atomic E-state index is 12.1. The average molecular weight is 342 g/mol. The highest BCUT2D eigenvalue weighted by atomic mass is 16.5. The van der Waals surface area contributed by atoms with Crippen LogP contribution in [0.1, 0.15) is 32.4 Å². The van der Waals surface area contributed by atoms with Crippen LogP contribution in [0.25, 0.3) is 0 Å². The number of ether oxygens (including phenoxy) is 1. The Morgan fingerprint density at radius 1 is 1.04 bits per heavy atom. The number of aliphatic hydroxyl groups excluding tert-OH is 1. The van der Waals surface area contributed by atoms with Crippen LogP contribution in [0.15, 0.2) is 48.5 Å². The van der Waals surface area contributed by atoms with Crippen molar-refractivity contribution in [1.29, 1.82) is 0 Å². The summed E-state index contributed by atoms with van der Waals surface area (Å²) in [6.45, 7) is 0.0961. The molecule has 2 N–H and O–H groups in total. The minimum atomic E-state index is -0.797. The second-order valence-corrected chi connectivity index (χ2v) is 5.78. The number of anilines is 1. The third-order valence-electron chi connectivity index (χ3n) is 3.82. The molecule has 0 saturated heterocycles. The van der Waals surface area contributed by atoms with Gasteiger partial charge in [0.1, 0.15) is 0 Å². The molecular formula is C19H22N2O4. The van der Waals surface area contributed by atoms with Crippen LogP contribution in [0.2, 0.25) is 0 Å². The molecule has 132 valence electrons. The van der Waals surface area contributed by atoms with Crippen LogP contribution in [0.3, 0.4) is 0 Å². The molecule has 2 aromatic rings. The summed E-state index contributed by atoms with van der Waals surface area (Å²) in [5.74, 6) is -0.774. The number of amides is 1. The average Bonchev–Trinajstić information content (AvgIpc) is 2.65. The topological polar surface area (TPSA) is 78.9 Å². The van der Waals surface area contributed by atoms with E-state index >= 15 is 0 Å². The molecule has 0 aliphatic rings. The lowest BCUT2D eigenvalue weighted by molar-refractivity contribution is 0.0600. The molecule has 1 atom stereocenters. The lowest BCUT2D eigenvalue weighted by atomic mass is 10.1. The van der Waals surface area contributed by atoms with Crippen LogP contribution in [-0.4, -0.2) is 44.7 Å². The van der Waals surface area contributed by atoms with Crippen molar-refractivity contribution in [2.75, 3.05) is 32.6 Å². The number of carbonyl (C=O) groups is 2. The first-order valence-corrected chi connectivity index (χ1v) is 7.84. The molecule has 25 heavy (non-hydrogen) atoms. The predicted molar refractivity (Wildman–Crippen MR) is 95.8 cm³/mol. The number of benzene rings is 2. The van der Waals surface area contributed by atoms with Gasteiger partial charge >= 0.3 is 5.97 Å². The van der Waals surface area contributed by atoms with Crippen molar-refractivity contribution in [2.24, 2.45) is 0 Å². The minimum Gasteiger partial charge on any atom is -0.465 e. The van der Waals surface area contributed by atoms with Crippen molar-refractivity contribution >= 4 is 17.6 Å². The summed E-state index contributed by atoms with van der Waals surface area (Å²) < 4.78 is 4.61. The van der Waals surface area contributed by atoms with Crippen LogP contribution in [0.4, 0.5) is 5.69 Å². The van der Waals surface area contributed by atoms with Crippen LogP contribution in [0, 0.1) is 0 Å². The van der Waals surface area contributed by atoms with Gasteiger partial charge in [-0.1, -0.05) is 12.1 Å². The Kier molecular flexibility index (Phi) is 6.14. The summed E-state index contributed by atoms with van der Waals surface area (Å²) >= 11 is 0. The van der Waals surface area contributed by atoms with Crippen LogP contribution < -0.4 is 10.2 Å². The van der Waals surface area contributed by atoms with E-state index in [1.165, 1.54) is 19.2 Å². The largest absolute Gasteiger partial charge is 0.465 e. The summed E-state index contributed by atoms with van der Waals surface area (Å²) in [4.78, 5) is 25.5. The normalized spacial score (nSPS) is 11.5. The first-order chi connectivity index (χ1) is 11.9. The van der Waals surface area contributed by atoms with Gasteiger partial charge in [-0.05, 0) is 42.0 Å². The number of nitrogens with zero attached hydrogens (tertiary/aromatic N) is 1. The summed E-state index contributed by atoms with van der Waals surface area (Å²) in [6, 6.07) is 13.6. The molecule has 0 bridgehead atoms. The Morgan fingerprint density at radius 3 is 2.12 bits per heavy atom. The molecule has 2 aromatic carbocycles. The summed E-state index contributed by atoms with van der Waals surface area (Å²) in [5.41, 5.74) is 2.54. The van der Waals surface area contributed by atoms with E-state index in [9.17, 15) is 14.7 Å². The molecular weight excluding hydrogens is 320 g/mol. The molecule has 0 heterocycles. The number of aliphatic hydroxyl groups is 1. The number of methoxy groups -OCH3 is 1. The third kappa shape index (κ3) is 4.81. The van der Waals surface area contributed by atoms with Gasteiger partial charge in [-0.15, -0.1) is 0 Å². The summed E-state index contributed by atoms with van der Waals surface area (Å²) in [5, 5.41) is 12.9. The number of rotatable bonds is 6. The Balaban J connectivity index is 1.93. The number of hydrogen-bond acceptors (Lipinski definition) is 5. The van der Waals surface area contributed by atoms with Crippen LogP contribution in [0.5, 0.6) is 0 Å². The maximum Gasteiger partial charge on any atom is 0.337 e. The van der Waals surface area contributed by atoms with Crippen molar-refractivity contribution in [1.82, 2.24) is 5.32 Å². The summed E-state index contributed by atoms with van der Waals surface area (Å²) in [7, 11) is 5.18. The van der Waals surface area contributed by atoms with Crippen LogP contribution >= 0.6 is 0 Å². The summed E-state index contributed by atoms with van der Waals surface area (Å²) in [6.07, 6.45) is -0.797. The molecule has 0 aromatic heterocycles. The van der Waals surface area contributed by atoms with E-state index in [2.05, 4.69) is 10.1 Å². The van der Waals surface area contributed by atoms with Gasteiger partial charge in [-0.25, -0.2) is 4.79 Å². The van der Waals surface area contributed by atoms with Crippen molar-refractivity contribution in [3.8, 4) is 0 Å². The predicted octanol–water partition coefficient (Wildman–Crippen LogP) is 2.00. The quantitative estimate of drug-likeness (QED) is 0.785. The Morgan fingerprint density at radius 2 is 1.60 bits per heavy atom. The standard InChI is InChI=1S/C19H22N2O4/c1-21(2)16-10-8-13(9-11-16)17(22)12-20-18(23)14-4-6-15(7-5-14)19(24)25-3/h4-11,17,22H,12H2,1-3H3,(H,20,23). The maximum absolute atomic E-state index is 12.1. The highest BCUT2D eigenvalue weighted by Gasteiger charge is 2.12. The molecule has 0 spiro atoms. The van der Waals surface area contributed by atoms with E-state index in [4.69, 9.17) is 0 Å². The molecule has 0 aliphatic heterocycles. The highest BCUT2D eigenvalue weighted by Crippen LogP contribution is 2.17. The molecule has 2 rings (SSSR count). The molecule has 0 aliphatic carbocycles. The first kappa shape index (κ1) is 18.5. The SMILES string of the molecule is COC(=O)c1ccc(C(=O)NCC(O)c2ccc(N(C)C)cc2)cc1. The van der Waals surface area contributed by atoms with Gasteiger partial charge in [-0.3, -0.25) is 4.79 Å². The van der Waals surface area contributed by atoms with Crippen molar-refractivity contribution in [3.63, 3.8) is 0 Å². The van der Waals surface area contributed by atoms with Crippen LogP contribution in [-0.2, 0) is 4.74 Å². The number of nitrogens with one attached hydrogen (secondary N) is 1. The van der Waals surface area contributed by atoms with Gasteiger partial charge in [0.15, 0.2) is 0 Å². The fourth-order valence-electron chi connectivity index (χ4n) is 2.28. The molecule has 0 saturated carbocycles. The lowest BCUT2D eigenvalue weighted by Crippen LogP contribution is -2.28. The fourth-order valence-corrected chi connectivity index (χ4v) is 2.28. The third-order valence-corrected chi connectivity index (χ3v) is 3.82. The number of hydrogen-bond donors (Lipinski definition) is 2. The first-order valence-electron chi connectivity index (χ1n) is 7.84. The number of esters is 1. The van der Waals surface area contributed by atoms with E-state index < -0.39 is 12.1 Å². The molecule has 6 nitrogen and oxygen atoms in total. The molecule has 0 radical (unpaired) electrons. The monoisotopic (exact) mass is 342 g/mol. The molecule has 6 heteroatoms. The smallest absolute Gasteiger partial charge is 0.337 e.